The molecule has 0 bridgehead atoms. The first-order valence-electron chi connectivity index (χ1n) is 11.9. The molecular weight excluding hydrogens is 458 g/mol. The predicted molar refractivity (Wildman–Crippen MR) is 136 cm³/mol. The van der Waals surface area contributed by atoms with E-state index in [9.17, 15) is 14.4 Å². The van der Waals surface area contributed by atoms with E-state index in [1.165, 1.54) is 19.7 Å². The molecule has 3 rings (SSSR count). The SMILES string of the molecule is CCOC1CN(Cc2ccc(C#Cc3ccc(C(=O)N(C)C(C(=O)CO)C(=O)NC)cc3)c(C)c2)C1. The van der Waals surface area contributed by atoms with Crippen molar-refractivity contribution in [3.63, 3.8) is 0 Å². The molecule has 190 valence electrons. The van der Waals surface area contributed by atoms with Crippen molar-refractivity contribution < 1.29 is 24.2 Å². The van der Waals surface area contributed by atoms with Crippen LogP contribution < -0.4 is 5.32 Å². The summed E-state index contributed by atoms with van der Waals surface area (Å²) in [5, 5.41) is 11.5. The number of aryl methyl sites for hydroxylation is 1. The Balaban J connectivity index is 1.64. The maximum atomic E-state index is 12.8. The van der Waals surface area contributed by atoms with Crippen molar-refractivity contribution in [1.29, 1.82) is 0 Å². The molecule has 1 aliphatic rings. The maximum absolute atomic E-state index is 12.8. The Hall–Kier alpha value is -3.51. The van der Waals surface area contributed by atoms with Crippen LogP contribution in [0, 0.1) is 18.8 Å². The van der Waals surface area contributed by atoms with Crippen LogP contribution in [0.15, 0.2) is 42.5 Å². The molecule has 1 saturated heterocycles. The van der Waals surface area contributed by atoms with Gasteiger partial charge in [-0.3, -0.25) is 19.3 Å². The minimum atomic E-state index is -1.40. The zero-order valence-electron chi connectivity index (χ0n) is 21.2. The molecule has 2 amide bonds. The van der Waals surface area contributed by atoms with Gasteiger partial charge in [0, 0.05) is 57.0 Å². The highest BCUT2D eigenvalue weighted by atomic mass is 16.5. The van der Waals surface area contributed by atoms with Gasteiger partial charge in [0.25, 0.3) is 5.91 Å². The second-order valence-corrected chi connectivity index (χ2v) is 8.81. The molecule has 0 aliphatic carbocycles. The molecule has 0 radical (unpaired) electrons. The number of rotatable bonds is 9. The molecule has 1 fully saturated rings. The molecule has 2 aromatic carbocycles. The van der Waals surface area contributed by atoms with Crippen LogP contribution in [-0.2, 0) is 20.9 Å². The van der Waals surface area contributed by atoms with E-state index in [-0.39, 0.29) is 0 Å². The number of benzene rings is 2. The number of ether oxygens (including phenoxy) is 1. The van der Waals surface area contributed by atoms with E-state index < -0.39 is 30.2 Å². The number of hydrogen-bond acceptors (Lipinski definition) is 6. The maximum Gasteiger partial charge on any atom is 0.254 e. The number of amides is 2. The molecule has 36 heavy (non-hydrogen) atoms. The standard InChI is InChI=1S/C28H33N3O5/c1-5-36-24-16-31(17-24)15-21-9-11-22(19(2)14-21)10-6-20-7-12-23(13-8-20)28(35)30(4)26(25(33)18-32)27(34)29-3/h7-9,11-14,24,26,32H,5,15-18H2,1-4H3,(H,29,34). The fourth-order valence-corrected chi connectivity index (χ4v) is 4.13. The summed E-state index contributed by atoms with van der Waals surface area (Å²) in [5.41, 5.74) is 4.32. The average molecular weight is 492 g/mol. The third kappa shape index (κ3) is 6.58. The van der Waals surface area contributed by atoms with Crippen molar-refractivity contribution in [2.24, 2.45) is 0 Å². The molecule has 1 aliphatic heterocycles. The van der Waals surface area contributed by atoms with Crippen molar-refractivity contribution in [1.82, 2.24) is 15.1 Å². The first-order valence-corrected chi connectivity index (χ1v) is 11.9. The molecule has 0 aromatic heterocycles. The number of likely N-dealkylation sites (tertiary alicyclic amines) is 1. The van der Waals surface area contributed by atoms with Crippen LogP contribution in [0.4, 0.5) is 0 Å². The number of hydrogen-bond donors (Lipinski definition) is 2. The molecule has 8 heteroatoms. The van der Waals surface area contributed by atoms with Crippen molar-refractivity contribution in [2.75, 3.05) is 40.4 Å². The highest BCUT2D eigenvalue weighted by Crippen LogP contribution is 2.18. The summed E-state index contributed by atoms with van der Waals surface area (Å²) in [5.74, 6) is 4.39. The Labute approximate surface area is 212 Å². The number of nitrogens with one attached hydrogen (secondary N) is 1. The van der Waals surface area contributed by atoms with Gasteiger partial charge in [-0.25, -0.2) is 0 Å². The Morgan fingerprint density at radius 2 is 1.86 bits per heavy atom. The van der Waals surface area contributed by atoms with Crippen molar-refractivity contribution >= 4 is 17.6 Å². The molecule has 0 saturated carbocycles. The Morgan fingerprint density at radius 3 is 2.44 bits per heavy atom. The van der Waals surface area contributed by atoms with Crippen LogP contribution in [0.5, 0.6) is 0 Å². The lowest BCUT2D eigenvalue weighted by molar-refractivity contribution is -0.135. The molecular formula is C28H33N3O5. The van der Waals surface area contributed by atoms with Gasteiger partial charge in [0.05, 0.1) is 6.10 Å². The minimum Gasteiger partial charge on any atom is -0.388 e. The summed E-state index contributed by atoms with van der Waals surface area (Å²) in [6.07, 6.45) is 0.351. The van der Waals surface area contributed by atoms with Gasteiger partial charge in [-0.05, 0) is 55.3 Å². The number of aliphatic hydroxyl groups excluding tert-OH is 1. The smallest absolute Gasteiger partial charge is 0.254 e. The van der Waals surface area contributed by atoms with Crippen LogP contribution in [0.1, 0.15) is 39.5 Å². The summed E-state index contributed by atoms with van der Waals surface area (Å²) in [4.78, 5) is 40.2. The van der Waals surface area contributed by atoms with Gasteiger partial charge < -0.3 is 20.1 Å². The van der Waals surface area contributed by atoms with E-state index in [4.69, 9.17) is 9.84 Å². The second-order valence-electron chi connectivity index (χ2n) is 8.81. The summed E-state index contributed by atoms with van der Waals surface area (Å²) in [7, 11) is 2.72. The fourth-order valence-electron chi connectivity index (χ4n) is 4.13. The Bertz CT molecular complexity index is 1140. The topological polar surface area (TPSA) is 99.2 Å². The van der Waals surface area contributed by atoms with Crippen LogP contribution in [0.25, 0.3) is 0 Å². The summed E-state index contributed by atoms with van der Waals surface area (Å²) >= 11 is 0. The van der Waals surface area contributed by atoms with Gasteiger partial charge in [0.15, 0.2) is 11.8 Å². The zero-order chi connectivity index (χ0) is 26.2. The summed E-state index contributed by atoms with van der Waals surface area (Å²) in [6.45, 7) is 6.81. The molecule has 8 nitrogen and oxygen atoms in total. The van der Waals surface area contributed by atoms with Crippen LogP contribution in [-0.4, -0.2) is 85.0 Å². The first kappa shape index (κ1) is 27.1. The van der Waals surface area contributed by atoms with E-state index in [2.05, 4.69) is 34.2 Å². The average Bonchev–Trinajstić information content (AvgIpc) is 2.86. The van der Waals surface area contributed by atoms with E-state index >= 15 is 0 Å². The number of Topliss-reactive ketones (excluding diaryl/α,β-unsaturated/α-hetero) is 1. The molecule has 0 spiro atoms. The fraction of sp³-hybridized carbons (Fsp3) is 0.393. The Kier molecular flexibility index (Phi) is 9.37. The van der Waals surface area contributed by atoms with Crippen molar-refractivity contribution in [2.45, 2.75) is 32.5 Å². The van der Waals surface area contributed by atoms with E-state index in [0.717, 1.165) is 47.8 Å². The number of likely N-dealkylation sites (N-methyl/N-ethyl adjacent to an activating group) is 2. The van der Waals surface area contributed by atoms with Gasteiger partial charge in [-0.15, -0.1) is 0 Å². The lowest BCUT2D eigenvalue weighted by Gasteiger charge is -2.38. The normalized spacial score (nSPS) is 14.2. The number of nitrogens with zero attached hydrogens (tertiary/aromatic N) is 2. The van der Waals surface area contributed by atoms with E-state index in [0.29, 0.717) is 11.7 Å². The quantitative estimate of drug-likeness (QED) is 0.406. The number of carbonyl (C=O) groups is 3. The number of aliphatic hydroxyl groups is 1. The summed E-state index contributed by atoms with van der Waals surface area (Å²) < 4.78 is 5.61. The zero-order valence-corrected chi connectivity index (χ0v) is 21.2. The highest BCUT2D eigenvalue weighted by molar-refractivity contribution is 6.10. The molecule has 1 unspecified atom stereocenters. The largest absolute Gasteiger partial charge is 0.388 e. The van der Waals surface area contributed by atoms with Gasteiger partial charge in [0.1, 0.15) is 6.61 Å². The van der Waals surface area contributed by atoms with Gasteiger partial charge >= 0.3 is 0 Å². The molecule has 2 N–H and O–H groups in total. The van der Waals surface area contributed by atoms with Crippen LogP contribution >= 0.6 is 0 Å². The first-order chi connectivity index (χ1) is 17.3. The van der Waals surface area contributed by atoms with Crippen LogP contribution in [0.2, 0.25) is 0 Å². The third-order valence-corrected chi connectivity index (χ3v) is 6.16. The van der Waals surface area contributed by atoms with E-state index in [1.807, 2.05) is 19.9 Å². The number of carbonyl (C=O) groups excluding carboxylic acids is 3. The van der Waals surface area contributed by atoms with Gasteiger partial charge in [-0.2, -0.15) is 0 Å². The molecule has 2 aromatic rings. The molecule has 1 atom stereocenters. The highest BCUT2D eigenvalue weighted by Gasteiger charge is 2.32. The monoisotopic (exact) mass is 491 g/mol. The second kappa shape index (κ2) is 12.5. The minimum absolute atomic E-state index is 0.306. The predicted octanol–water partition coefficient (Wildman–Crippen LogP) is 1.36. The number of ketones is 1. The third-order valence-electron chi connectivity index (χ3n) is 6.16. The lowest BCUT2D eigenvalue weighted by Crippen LogP contribution is -2.52. The van der Waals surface area contributed by atoms with Crippen LogP contribution in [0.3, 0.4) is 0 Å². The van der Waals surface area contributed by atoms with Gasteiger partial charge in [-0.1, -0.05) is 24.0 Å². The van der Waals surface area contributed by atoms with Crippen molar-refractivity contribution in [3.8, 4) is 11.8 Å². The summed E-state index contributed by atoms with van der Waals surface area (Å²) in [6, 6.07) is 11.5. The van der Waals surface area contributed by atoms with Gasteiger partial charge in [0.2, 0.25) is 5.91 Å². The lowest BCUT2D eigenvalue weighted by atomic mass is 10.0. The van der Waals surface area contributed by atoms with Crippen molar-refractivity contribution in [3.05, 3.63) is 70.3 Å². The van der Waals surface area contributed by atoms with E-state index in [1.54, 1.807) is 24.3 Å². The Morgan fingerprint density at radius 1 is 1.17 bits per heavy atom. The molecule has 1 heterocycles.